The Kier molecular flexibility index (Phi) is 5.04. The van der Waals surface area contributed by atoms with Crippen molar-refractivity contribution >= 4 is 11.5 Å². The number of para-hydroxylation sites is 1. The molecular weight excluding hydrogens is 314 g/mol. The minimum absolute atomic E-state index is 0.466. The number of aromatic nitrogens is 1. The predicted octanol–water partition coefficient (Wildman–Crippen LogP) is 3.96. The summed E-state index contributed by atoms with van der Waals surface area (Å²) in [6.07, 6.45) is 0. The van der Waals surface area contributed by atoms with E-state index >= 15 is 0 Å². The van der Waals surface area contributed by atoms with Gasteiger partial charge in [-0.3, -0.25) is 0 Å². The van der Waals surface area contributed by atoms with Crippen LogP contribution in [-0.4, -0.2) is 19.2 Å². The first-order chi connectivity index (χ1) is 12.2. The number of ether oxygens (including phenoxy) is 2. The smallest absolute Gasteiger partial charge is 0.128 e. The molecule has 3 N–H and O–H groups in total. The van der Waals surface area contributed by atoms with Gasteiger partial charge in [0.2, 0.25) is 0 Å². The second-order valence-corrected chi connectivity index (χ2v) is 5.53. The molecule has 0 aliphatic heterocycles. The number of hydrogen-bond donors (Lipinski definition) is 2. The molecule has 0 fully saturated rings. The van der Waals surface area contributed by atoms with E-state index < -0.39 is 0 Å². The number of benzene rings is 2. The summed E-state index contributed by atoms with van der Waals surface area (Å²) < 4.78 is 11.1. The molecule has 0 spiro atoms. The SMILES string of the molecule is COc1cc(-c2cccc(N)n2)c(OC)cc1CNc1ccccc1. The van der Waals surface area contributed by atoms with Gasteiger partial charge in [0.25, 0.3) is 0 Å². The van der Waals surface area contributed by atoms with Gasteiger partial charge in [0.15, 0.2) is 0 Å². The fourth-order valence-electron chi connectivity index (χ4n) is 2.65. The van der Waals surface area contributed by atoms with Crippen molar-refractivity contribution < 1.29 is 9.47 Å². The molecule has 0 radical (unpaired) electrons. The van der Waals surface area contributed by atoms with E-state index in [0.29, 0.717) is 12.4 Å². The van der Waals surface area contributed by atoms with Crippen LogP contribution in [0.2, 0.25) is 0 Å². The van der Waals surface area contributed by atoms with E-state index in [9.17, 15) is 0 Å². The highest BCUT2D eigenvalue weighted by atomic mass is 16.5. The minimum atomic E-state index is 0.466. The topological polar surface area (TPSA) is 69.4 Å². The van der Waals surface area contributed by atoms with Crippen LogP contribution in [0.1, 0.15) is 5.56 Å². The average Bonchev–Trinajstić information content (AvgIpc) is 2.66. The van der Waals surface area contributed by atoms with Crippen LogP contribution < -0.4 is 20.5 Å². The summed E-state index contributed by atoms with van der Waals surface area (Å²) in [5, 5.41) is 3.38. The maximum absolute atomic E-state index is 5.81. The molecule has 128 valence electrons. The van der Waals surface area contributed by atoms with E-state index in [-0.39, 0.29) is 0 Å². The van der Waals surface area contributed by atoms with Gasteiger partial charge in [-0.2, -0.15) is 0 Å². The molecule has 5 nitrogen and oxygen atoms in total. The van der Waals surface area contributed by atoms with Crippen LogP contribution in [0.25, 0.3) is 11.3 Å². The van der Waals surface area contributed by atoms with Gasteiger partial charge in [-0.1, -0.05) is 24.3 Å². The van der Waals surface area contributed by atoms with Gasteiger partial charge < -0.3 is 20.5 Å². The molecule has 3 rings (SSSR count). The van der Waals surface area contributed by atoms with Gasteiger partial charge >= 0.3 is 0 Å². The molecule has 1 heterocycles. The number of nitrogens with two attached hydrogens (primary N) is 1. The summed E-state index contributed by atoms with van der Waals surface area (Å²) in [5.74, 6) is 1.96. The Balaban J connectivity index is 1.94. The molecule has 2 aromatic carbocycles. The summed E-state index contributed by atoms with van der Waals surface area (Å²) in [7, 11) is 3.30. The third kappa shape index (κ3) is 3.83. The average molecular weight is 335 g/mol. The molecule has 0 atom stereocenters. The lowest BCUT2D eigenvalue weighted by Gasteiger charge is -2.16. The first-order valence-corrected chi connectivity index (χ1v) is 7.98. The van der Waals surface area contributed by atoms with Gasteiger partial charge in [0.1, 0.15) is 17.3 Å². The largest absolute Gasteiger partial charge is 0.496 e. The molecule has 0 unspecified atom stereocenters. The molecular formula is C20H21N3O2. The Morgan fingerprint density at radius 3 is 2.36 bits per heavy atom. The molecule has 0 aliphatic rings. The van der Waals surface area contributed by atoms with Gasteiger partial charge in [-0.15, -0.1) is 0 Å². The summed E-state index contributed by atoms with van der Waals surface area (Å²) in [5.41, 5.74) is 9.44. The first-order valence-electron chi connectivity index (χ1n) is 7.98. The second kappa shape index (κ2) is 7.57. The molecule has 1 aromatic heterocycles. The third-order valence-electron chi connectivity index (χ3n) is 3.91. The molecule has 0 saturated carbocycles. The van der Waals surface area contributed by atoms with Gasteiger partial charge in [-0.25, -0.2) is 4.98 Å². The molecule has 3 aromatic rings. The van der Waals surface area contributed by atoms with Crippen LogP contribution in [0.5, 0.6) is 11.5 Å². The Morgan fingerprint density at radius 2 is 1.68 bits per heavy atom. The highest BCUT2D eigenvalue weighted by molar-refractivity contribution is 5.71. The fourth-order valence-corrected chi connectivity index (χ4v) is 2.65. The molecule has 0 aliphatic carbocycles. The summed E-state index contributed by atoms with van der Waals surface area (Å²) in [6.45, 7) is 0.619. The highest BCUT2D eigenvalue weighted by Gasteiger charge is 2.14. The van der Waals surface area contributed by atoms with E-state index in [2.05, 4.69) is 10.3 Å². The zero-order chi connectivity index (χ0) is 17.6. The predicted molar refractivity (Wildman–Crippen MR) is 101 cm³/mol. The van der Waals surface area contributed by atoms with Crippen molar-refractivity contribution in [3.05, 3.63) is 66.2 Å². The van der Waals surface area contributed by atoms with E-state index in [1.165, 1.54) is 0 Å². The van der Waals surface area contributed by atoms with Crippen LogP contribution in [0.3, 0.4) is 0 Å². The molecule has 0 bridgehead atoms. The van der Waals surface area contributed by atoms with Crippen LogP contribution >= 0.6 is 0 Å². The van der Waals surface area contributed by atoms with Crippen molar-refractivity contribution in [1.29, 1.82) is 0 Å². The number of nitrogens with one attached hydrogen (secondary N) is 1. The normalized spacial score (nSPS) is 10.3. The maximum atomic E-state index is 5.81. The standard InChI is InChI=1S/C20H21N3O2/c1-24-18-12-16(17-9-6-10-20(21)23-17)19(25-2)11-14(18)13-22-15-7-4-3-5-8-15/h3-12,22H,13H2,1-2H3,(H2,21,23). The molecule has 0 saturated heterocycles. The zero-order valence-electron chi connectivity index (χ0n) is 14.3. The van der Waals surface area contributed by atoms with Crippen LogP contribution in [-0.2, 0) is 6.54 Å². The van der Waals surface area contributed by atoms with Crippen molar-refractivity contribution in [2.45, 2.75) is 6.54 Å². The Morgan fingerprint density at radius 1 is 0.920 bits per heavy atom. The molecule has 5 heteroatoms. The lowest BCUT2D eigenvalue weighted by atomic mass is 10.0. The van der Waals surface area contributed by atoms with E-state index in [0.717, 1.165) is 34.0 Å². The monoisotopic (exact) mass is 335 g/mol. The van der Waals surface area contributed by atoms with Gasteiger partial charge in [0, 0.05) is 23.4 Å². The Labute approximate surface area is 147 Å². The lowest BCUT2D eigenvalue weighted by Crippen LogP contribution is -2.03. The molecule has 25 heavy (non-hydrogen) atoms. The number of anilines is 2. The summed E-state index contributed by atoms with van der Waals surface area (Å²) in [4.78, 5) is 4.38. The number of pyridine rings is 1. The number of nitrogen functional groups attached to an aromatic ring is 1. The summed E-state index contributed by atoms with van der Waals surface area (Å²) >= 11 is 0. The van der Waals surface area contributed by atoms with Crippen molar-refractivity contribution in [1.82, 2.24) is 4.98 Å². The second-order valence-electron chi connectivity index (χ2n) is 5.53. The number of methoxy groups -OCH3 is 2. The zero-order valence-corrected chi connectivity index (χ0v) is 14.3. The van der Waals surface area contributed by atoms with Crippen LogP contribution in [0.15, 0.2) is 60.7 Å². The third-order valence-corrected chi connectivity index (χ3v) is 3.91. The first kappa shape index (κ1) is 16.6. The Hall–Kier alpha value is -3.21. The number of rotatable bonds is 6. The fraction of sp³-hybridized carbons (Fsp3) is 0.150. The minimum Gasteiger partial charge on any atom is -0.496 e. The lowest BCUT2D eigenvalue weighted by molar-refractivity contribution is 0.400. The van der Waals surface area contributed by atoms with Crippen molar-refractivity contribution in [3.63, 3.8) is 0 Å². The van der Waals surface area contributed by atoms with Gasteiger partial charge in [-0.05, 0) is 36.4 Å². The van der Waals surface area contributed by atoms with E-state index in [1.807, 2.05) is 54.6 Å². The van der Waals surface area contributed by atoms with Crippen LogP contribution in [0.4, 0.5) is 11.5 Å². The molecule has 0 amide bonds. The van der Waals surface area contributed by atoms with Crippen LogP contribution in [0, 0.1) is 0 Å². The van der Waals surface area contributed by atoms with E-state index in [4.69, 9.17) is 15.2 Å². The van der Waals surface area contributed by atoms with Gasteiger partial charge in [0.05, 0.1) is 19.9 Å². The Bertz CT molecular complexity index is 851. The van der Waals surface area contributed by atoms with Crippen molar-refractivity contribution in [3.8, 4) is 22.8 Å². The quantitative estimate of drug-likeness (QED) is 0.713. The van der Waals surface area contributed by atoms with E-state index in [1.54, 1.807) is 20.3 Å². The van der Waals surface area contributed by atoms with Crippen molar-refractivity contribution in [2.75, 3.05) is 25.3 Å². The summed E-state index contributed by atoms with van der Waals surface area (Å²) in [6, 6.07) is 19.4. The number of nitrogens with zero attached hydrogens (tertiary/aromatic N) is 1. The van der Waals surface area contributed by atoms with Crippen molar-refractivity contribution in [2.24, 2.45) is 0 Å². The highest BCUT2D eigenvalue weighted by Crippen LogP contribution is 2.36. The number of hydrogen-bond acceptors (Lipinski definition) is 5. The maximum Gasteiger partial charge on any atom is 0.128 e.